The van der Waals surface area contributed by atoms with E-state index in [0.29, 0.717) is 11.3 Å². The lowest BCUT2D eigenvalue weighted by Crippen LogP contribution is -2.30. The third kappa shape index (κ3) is 2.69. The summed E-state index contributed by atoms with van der Waals surface area (Å²) in [4.78, 5) is 25.1. The summed E-state index contributed by atoms with van der Waals surface area (Å²) in [6, 6.07) is 8.48. The third-order valence-electron chi connectivity index (χ3n) is 3.05. The van der Waals surface area contributed by atoms with Crippen molar-refractivity contribution in [3.63, 3.8) is 0 Å². The molecule has 0 saturated carbocycles. The van der Waals surface area contributed by atoms with Crippen LogP contribution in [0.25, 0.3) is 6.08 Å². The lowest BCUT2D eigenvalue weighted by atomic mass is 10.2. The SMILES string of the molecule is O=C1NC(=Cc2ccco2)C(=O)N1Cc1ccc(F)cc1. The third-order valence-corrected chi connectivity index (χ3v) is 3.05. The summed E-state index contributed by atoms with van der Waals surface area (Å²) in [7, 11) is 0. The van der Waals surface area contributed by atoms with Crippen LogP contribution in [0.5, 0.6) is 0 Å². The molecule has 6 heteroatoms. The van der Waals surface area contributed by atoms with Crippen LogP contribution >= 0.6 is 0 Å². The summed E-state index contributed by atoms with van der Waals surface area (Å²) in [5.41, 5.74) is 0.816. The van der Waals surface area contributed by atoms with Crippen molar-refractivity contribution in [2.24, 2.45) is 0 Å². The summed E-state index contributed by atoms with van der Waals surface area (Å²) in [6.45, 7) is 0.0838. The standard InChI is InChI=1S/C15H11FN2O3/c16-11-5-3-10(4-6-11)9-18-14(19)13(17-15(18)20)8-12-2-1-7-21-12/h1-8H,9H2,(H,17,20). The Morgan fingerprint density at radius 1 is 1.19 bits per heavy atom. The number of nitrogens with zero attached hydrogens (tertiary/aromatic N) is 1. The first-order valence-electron chi connectivity index (χ1n) is 6.26. The fraction of sp³-hybridized carbons (Fsp3) is 0.0667. The number of halogens is 1. The van der Waals surface area contributed by atoms with Gasteiger partial charge in [0.25, 0.3) is 5.91 Å². The molecule has 0 bridgehead atoms. The molecular weight excluding hydrogens is 275 g/mol. The van der Waals surface area contributed by atoms with Gasteiger partial charge in [0.1, 0.15) is 17.3 Å². The Balaban J connectivity index is 1.79. The van der Waals surface area contributed by atoms with Gasteiger partial charge in [-0.2, -0.15) is 0 Å². The van der Waals surface area contributed by atoms with E-state index >= 15 is 0 Å². The molecular formula is C15H11FN2O3. The number of furan rings is 1. The van der Waals surface area contributed by atoms with E-state index in [9.17, 15) is 14.0 Å². The van der Waals surface area contributed by atoms with Gasteiger partial charge < -0.3 is 9.73 Å². The molecule has 0 radical (unpaired) electrons. The molecule has 1 aromatic carbocycles. The fourth-order valence-electron chi connectivity index (χ4n) is 2.00. The molecule has 1 fully saturated rings. The normalized spacial score (nSPS) is 16.6. The van der Waals surface area contributed by atoms with Gasteiger partial charge in [0.2, 0.25) is 0 Å². The van der Waals surface area contributed by atoms with Gasteiger partial charge in [0.05, 0.1) is 12.8 Å². The Kier molecular flexibility index (Phi) is 3.27. The molecule has 0 spiro atoms. The van der Waals surface area contributed by atoms with Crippen molar-refractivity contribution < 1.29 is 18.4 Å². The summed E-state index contributed by atoms with van der Waals surface area (Å²) in [6.07, 6.45) is 2.94. The lowest BCUT2D eigenvalue weighted by Gasteiger charge is -2.11. The van der Waals surface area contributed by atoms with Crippen molar-refractivity contribution in [1.82, 2.24) is 10.2 Å². The van der Waals surface area contributed by atoms with E-state index in [1.54, 1.807) is 12.1 Å². The molecule has 1 aliphatic rings. The van der Waals surface area contributed by atoms with E-state index in [1.165, 1.54) is 36.6 Å². The summed E-state index contributed by atoms with van der Waals surface area (Å²) < 4.78 is 18.0. The van der Waals surface area contributed by atoms with Gasteiger partial charge >= 0.3 is 6.03 Å². The zero-order valence-corrected chi connectivity index (χ0v) is 10.9. The summed E-state index contributed by atoms with van der Waals surface area (Å²) in [5.74, 6) is -0.336. The van der Waals surface area contributed by atoms with Crippen LogP contribution in [-0.2, 0) is 11.3 Å². The van der Waals surface area contributed by atoms with Crippen LogP contribution < -0.4 is 5.32 Å². The van der Waals surface area contributed by atoms with Crippen LogP contribution in [-0.4, -0.2) is 16.8 Å². The molecule has 106 valence electrons. The summed E-state index contributed by atoms with van der Waals surface area (Å²) in [5, 5.41) is 2.49. The molecule has 1 saturated heterocycles. The second-order valence-electron chi connectivity index (χ2n) is 4.52. The highest BCUT2D eigenvalue weighted by atomic mass is 19.1. The molecule has 3 amide bonds. The molecule has 1 aliphatic heterocycles. The highest BCUT2D eigenvalue weighted by Crippen LogP contribution is 2.17. The molecule has 0 unspecified atom stereocenters. The van der Waals surface area contributed by atoms with Crippen molar-refractivity contribution in [3.8, 4) is 0 Å². The van der Waals surface area contributed by atoms with Gasteiger partial charge in [-0.1, -0.05) is 12.1 Å². The monoisotopic (exact) mass is 286 g/mol. The van der Waals surface area contributed by atoms with E-state index in [-0.39, 0.29) is 18.1 Å². The Labute approximate surface area is 119 Å². The summed E-state index contributed by atoms with van der Waals surface area (Å²) >= 11 is 0. The average Bonchev–Trinajstić information content (AvgIpc) is 3.06. The molecule has 21 heavy (non-hydrogen) atoms. The van der Waals surface area contributed by atoms with Crippen molar-refractivity contribution in [3.05, 3.63) is 65.5 Å². The van der Waals surface area contributed by atoms with Crippen molar-refractivity contribution in [2.75, 3.05) is 0 Å². The molecule has 3 rings (SSSR count). The molecule has 0 atom stereocenters. The van der Waals surface area contributed by atoms with Crippen LogP contribution in [0.4, 0.5) is 9.18 Å². The average molecular weight is 286 g/mol. The van der Waals surface area contributed by atoms with Gasteiger partial charge in [0.15, 0.2) is 0 Å². The minimum absolute atomic E-state index is 0.0838. The number of imide groups is 1. The minimum Gasteiger partial charge on any atom is -0.465 e. The van der Waals surface area contributed by atoms with Gasteiger partial charge in [-0.25, -0.2) is 9.18 Å². The maximum atomic E-state index is 12.8. The Morgan fingerprint density at radius 3 is 2.62 bits per heavy atom. The van der Waals surface area contributed by atoms with Crippen molar-refractivity contribution >= 4 is 18.0 Å². The quantitative estimate of drug-likeness (QED) is 0.696. The van der Waals surface area contributed by atoms with Gasteiger partial charge in [0, 0.05) is 6.08 Å². The Morgan fingerprint density at radius 2 is 1.95 bits per heavy atom. The number of urea groups is 1. The fourth-order valence-corrected chi connectivity index (χ4v) is 2.00. The van der Waals surface area contributed by atoms with Gasteiger partial charge in [-0.15, -0.1) is 0 Å². The molecule has 0 aliphatic carbocycles. The number of nitrogens with one attached hydrogen (secondary N) is 1. The maximum Gasteiger partial charge on any atom is 0.329 e. The molecule has 2 heterocycles. The Hall–Kier alpha value is -2.89. The maximum absolute atomic E-state index is 12.8. The van der Waals surface area contributed by atoms with Crippen LogP contribution in [0, 0.1) is 5.82 Å². The zero-order valence-electron chi connectivity index (χ0n) is 10.9. The molecule has 2 aromatic rings. The smallest absolute Gasteiger partial charge is 0.329 e. The highest BCUT2D eigenvalue weighted by Gasteiger charge is 2.33. The molecule has 1 N–H and O–H groups in total. The second kappa shape index (κ2) is 5.24. The minimum atomic E-state index is -0.512. The van der Waals surface area contributed by atoms with Crippen molar-refractivity contribution in [1.29, 1.82) is 0 Å². The number of hydrogen-bond acceptors (Lipinski definition) is 3. The number of carbonyl (C=O) groups is 2. The Bertz CT molecular complexity index is 705. The van der Waals surface area contributed by atoms with Crippen LogP contribution in [0.3, 0.4) is 0 Å². The second-order valence-corrected chi connectivity index (χ2v) is 4.52. The van der Waals surface area contributed by atoms with Gasteiger partial charge in [-0.05, 0) is 29.8 Å². The van der Waals surface area contributed by atoms with E-state index in [2.05, 4.69) is 5.32 Å². The number of carbonyl (C=O) groups excluding carboxylic acids is 2. The van der Waals surface area contributed by atoms with Crippen molar-refractivity contribution in [2.45, 2.75) is 6.54 Å². The topological polar surface area (TPSA) is 62.6 Å². The lowest BCUT2D eigenvalue weighted by molar-refractivity contribution is -0.123. The predicted molar refractivity (Wildman–Crippen MR) is 72.2 cm³/mol. The van der Waals surface area contributed by atoms with E-state index in [0.717, 1.165) is 4.90 Å². The first kappa shape index (κ1) is 13.1. The molecule has 5 nitrogen and oxygen atoms in total. The van der Waals surface area contributed by atoms with E-state index in [1.807, 2.05) is 0 Å². The van der Waals surface area contributed by atoms with Gasteiger partial charge in [-0.3, -0.25) is 9.69 Å². The zero-order chi connectivity index (χ0) is 14.8. The highest BCUT2D eigenvalue weighted by molar-refractivity contribution is 6.13. The number of rotatable bonds is 3. The number of benzene rings is 1. The largest absolute Gasteiger partial charge is 0.465 e. The van der Waals surface area contributed by atoms with Crippen LogP contribution in [0.1, 0.15) is 11.3 Å². The van der Waals surface area contributed by atoms with Crippen LogP contribution in [0.15, 0.2) is 52.8 Å². The first-order chi connectivity index (χ1) is 10.1. The van der Waals surface area contributed by atoms with E-state index in [4.69, 9.17) is 4.42 Å². The predicted octanol–water partition coefficient (Wildman–Crippen LogP) is 2.51. The molecule has 1 aromatic heterocycles. The number of hydrogen-bond donors (Lipinski definition) is 1. The number of amides is 3. The first-order valence-corrected chi connectivity index (χ1v) is 6.26. The van der Waals surface area contributed by atoms with E-state index < -0.39 is 11.9 Å². The van der Waals surface area contributed by atoms with Crippen LogP contribution in [0.2, 0.25) is 0 Å².